The maximum atomic E-state index is 12.2. The number of nitrogens with zero attached hydrogens (tertiary/aromatic N) is 1. The molecule has 3 heterocycles. The number of aryl methyl sites for hydroxylation is 3. The maximum absolute atomic E-state index is 12.2. The summed E-state index contributed by atoms with van der Waals surface area (Å²) in [6.07, 6.45) is 5.45. The smallest absolute Gasteiger partial charge is 0.227 e. The van der Waals surface area contributed by atoms with Crippen molar-refractivity contribution in [2.75, 3.05) is 6.54 Å². The highest BCUT2D eigenvalue weighted by Gasteiger charge is 2.47. The van der Waals surface area contributed by atoms with Crippen LogP contribution in [0.25, 0.3) is 0 Å². The Hall–Kier alpha value is -1.24. The van der Waals surface area contributed by atoms with Gasteiger partial charge in [-0.3, -0.25) is 4.79 Å². The third kappa shape index (κ3) is 2.88. The van der Waals surface area contributed by atoms with Crippen LogP contribution in [0, 0.1) is 19.8 Å². The van der Waals surface area contributed by atoms with Crippen molar-refractivity contribution < 1.29 is 9.53 Å². The largest absolute Gasteiger partial charge is 0.364 e. The fourth-order valence-electron chi connectivity index (χ4n) is 2.88. The van der Waals surface area contributed by atoms with Gasteiger partial charge >= 0.3 is 0 Å². The van der Waals surface area contributed by atoms with Gasteiger partial charge in [0.25, 0.3) is 0 Å². The molecule has 0 aliphatic carbocycles. The Morgan fingerprint density at radius 1 is 1.43 bits per heavy atom. The molecule has 4 atom stereocenters. The quantitative estimate of drug-likeness (QED) is 0.630. The average molecular weight is 307 g/mol. The van der Waals surface area contributed by atoms with Gasteiger partial charge in [0.2, 0.25) is 5.91 Å². The highest BCUT2D eigenvalue weighted by Crippen LogP contribution is 2.32. The van der Waals surface area contributed by atoms with Crippen molar-refractivity contribution in [3.63, 3.8) is 0 Å². The van der Waals surface area contributed by atoms with Crippen molar-refractivity contribution in [3.8, 4) is 0 Å². The number of nitrogens with one attached hydrogen (secondary N) is 1. The van der Waals surface area contributed by atoms with Gasteiger partial charge in [0, 0.05) is 23.9 Å². The number of thiazole rings is 1. The predicted octanol–water partition coefficient (Wildman–Crippen LogP) is 1.09. The number of carbonyl (C=O) groups excluding carboxylic acids is 1. The molecule has 3 N–H and O–H groups in total. The fraction of sp³-hybridized carbons (Fsp3) is 0.600. The van der Waals surface area contributed by atoms with Crippen molar-refractivity contribution in [1.29, 1.82) is 0 Å². The zero-order valence-corrected chi connectivity index (χ0v) is 13.2. The van der Waals surface area contributed by atoms with Crippen LogP contribution in [-0.4, -0.2) is 35.7 Å². The summed E-state index contributed by atoms with van der Waals surface area (Å²) in [6.45, 7) is 4.77. The molecule has 0 saturated carbocycles. The van der Waals surface area contributed by atoms with Gasteiger partial charge in [-0.25, -0.2) is 4.98 Å². The summed E-state index contributed by atoms with van der Waals surface area (Å²) in [5, 5.41) is 4.12. The Morgan fingerprint density at radius 3 is 2.81 bits per heavy atom. The third-order valence-corrected chi connectivity index (χ3v) is 5.33. The molecule has 6 heteroatoms. The third-order valence-electron chi connectivity index (χ3n) is 4.19. The van der Waals surface area contributed by atoms with Gasteiger partial charge in [-0.05, 0) is 20.3 Å². The van der Waals surface area contributed by atoms with E-state index in [4.69, 9.17) is 10.5 Å². The molecule has 0 radical (unpaired) electrons. The molecule has 2 aliphatic heterocycles. The maximum Gasteiger partial charge on any atom is 0.227 e. The van der Waals surface area contributed by atoms with Crippen LogP contribution in [0.5, 0.6) is 0 Å². The van der Waals surface area contributed by atoms with E-state index in [0.717, 1.165) is 23.5 Å². The fourth-order valence-corrected chi connectivity index (χ4v) is 3.85. The molecular formula is C15H21N3O2S. The van der Waals surface area contributed by atoms with Crippen LogP contribution >= 0.6 is 11.3 Å². The van der Waals surface area contributed by atoms with E-state index < -0.39 is 0 Å². The van der Waals surface area contributed by atoms with Crippen molar-refractivity contribution in [1.82, 2.24) is 10.3 Å². The second-order valence-corrected chi connectivity index (χ2v) is 6.98. The molecule has 5 nitrogen and oxygen atoms in total. The number of amides is 1. The summed E-state index contributed by atoms with van der Waals surface area (Å²) in [7, 11) is 0. The number of nitrogens with two attached hydrogens (primary N) is 1. The highest BCUT2D eigenvalue weighted by atomic mass is 32.1. The lowest BCUT2D eigenvalue weighted by atomic mass is 9.89. The van der Waals surface area contributed by atoms with E-state index in [-0.39, 0.29) is 30.1 Å². The molecule has 1 aromatic heterocycles. The molecule has 2 bridgehead atoms. The minimum atomic E-state index is -0.246. The first-order chi connectivity index (χ1) is 10.1. The summed E-state index contributed by atoms with van der Waals surface area (Å²) in [5.41, 5.74) is 7.14. The second kappa shape index (κ2) is 5.87. The van der Waals surface area contributed by atoms with Gasteiger partial charge in [0.1, 0.15) is 0 Å². The number of hydrogen-bond acceptors (Lipinski definition) is 5. The van der Waals surface area contributed by atoms with E-state index in [0.29, 0.717) is 6.54 Å². The topological polar surface area (TPSA) is 77.2 Å². The summed E-state index contributed by atoms with van der Waals surface area (Å²) < 4.78 is 5.60. The zero-order valence-electron chi connectivity index (χ0n) is 12.3. The summed E-state index contributed by atoms with van der Waals surface area (Å²) >= 11 is 1.74. The Kier molecular flexibility index (Phi) is 4.10. The predicted molar refractivity (Wildman–Crippen MR) is 82.2 cm³/mol. The van der Waals surface area contributed by atoms with Crippen molar-refractivity contribution in [3.05, 3.63) is 27.7 Å². The van der Waals surface area contributed by atoms with Gasteiger partial charge in [-0.2, -0.15) is 0 Å². The first-order valence-electron chi connectivity index (χ1n) is 7.36. The molecule has 1 aromatic rings. The van der Waals surface area contributed by atoms with Crippen LogP contribution in [0.3, 0.4) is 0 Å². The zero-order chi connectivity index (χ0) is 15.0. The molecular weight excluding hydrogens is 286 g/mol. The molecule has 1 amide bonds. The molecule has 114 valence electrons. The SMILES string of the molecule is Cc1nc(CCCNC(=O)C2C3C=CC(O3)C2N)sc1C. The molecule has 1 fully saturated rings. The molecule has 3 rings (SSSR count). The van der Waals surface area contributed by atoms with Crippen LogP contribution < -0.4 is 11.1 Å². The summed E-state index contributed by atoms with van der Waals surface area (Å²) in [4.78, 5) is 18.0. The average Bonchev–Trinajstić information content (AvgIpc) is 3.11. The van der Waals surface area contributed by atoms with Crippen LogP contribution in [0.4, 0.5) is 0 Å². The van der Waals surface area contributed by atoms with Gasteiger partial charge < -0.3 is 15.8 Å². The minimum absolute atomic E-state index is 0.00542. The highest BCUT2D eigenvalue weighted by molar-refractivity contribution is 7.11. The van der Waals surface area contributed by atoms with E-state index >= 15 is 0 Å². The molecule has 0 spiro atoms. The number of hydrogen-bond donors (Lipinski definition) is 2. The number of ether oxygens (including phenoxy) is 1. The van der Waals surface area contributed by atoms with Crippen molar-refractivity contribution in [2.24, 2.45) is 11.7 Å². The lowest BCUT2D eigenvalue weighted by molar-refractivity contribution is -0.126. The molecule has 2 aliphatic rings. The van der Waals surface area contributed by atoms with E-state index in [9.17, 15) is 4.79 Å². The van der Waals surface area contributed by atoms with Gasteiger partial charge in [-0.15, -0.1) is 11.3 Å². The molecule has 0 aromatic carbocycles. The normalized spacial score (nSPS) is 30.0. The summed E-state index contributed by atoms with van der Waals surface area (Å²) in [6, 6.07) is -0.218. The lowest BCUT2D eigenvalue weighted by Gasteiger charge is -2.20. The molecule has 4 unspecified atom stereocenters. The Labute approximate surface area is 128 Å². The van der Waals surface area contributed by atoms with Crippen LogP contribution in [0.15, 0.2) is 12.2 Å². The van der Waals surface area contributed by atoms with Gasteiger partial charge in [-0.1, -0.05) is 12.2 Å². The second-order valence-electron chi connectivity index (χ2n) is 5.70. The van der Waals surface area contributed by atoms with E-state index in [2.05, 4.69) is 17.2 Å². The van der Waals surface area contributed by atoms with Gasteiger partial charge in [0.05, 0.1) is 28.8 Å². The number of rotatable bonds is 5. The number of carbonyl (C=O) groups is 1. The van der Waals surface area contributed by atoms with Crippen molar-refractivity contribution in [2.45, 2.75) is 44.9 Å². The lowest BCUT2D eigenvalue weighted by Crippen LogP contribution is -2.46. The van der Waals surface area contributed by atoms with Crippen molar-refractivity contribution >= 4 is 17.2 Å². The van der Waals surface area contributed by atoms with Gasteiger partial charge in [0.15, 0.2) is 0 Å². The Morgan fingerprint density at radius 2 is 2.19 bits per heavy atom. The van der Waals surface area contributed by atoms with Crippen LogP contribution in [0.1, 0.15) is 22.0 Å². The first-order valence-corrected chi connectivity index (χ1v) is 8.18. The standard InChI is InChI=1S/C15H21N3O2S/c1-8-9(2)21-12(18-8)4-3-7-17-15(19)13-10-5-6-11(20-10)14(13)16/h5-6,10-11,13-14H,3-4,7,16H2,1-2H3,(H,17,19). The molecule has 1 saturated heterocycles. The molecule has 21 heavy (non-hydrogen) atoms. The minimum Gasteiger partial charge on any atom is -0.364 e. The van der Waals surface area contributed by atoms with E-state index in [1.165, 1.54) is 4.88 Å². The van der Waals surface area contributed by atoms with Crippen LogP contribution in [-0.2, 0) is 16.0 Å². The Bertz CT molecular complexity index is 550. The van der Waals surface area contributed by atoms with E-state index in [1.807, 2.05) is 19.1 Å². The number of fused-ring (bicyclic) bond motifs is 2. The Balaban J connectivity index is 1.43. The first kappa shape index (κ1) is 14.7. The van der Waals surface area contributed by atoms with E-state index in [1.54, 1.807) is 11.3 Å². The number of aromatic nitrogens is 1. The summed E-state index contributed by atoms with van der Waals surface area (Å²) in [5.74, 6) is -0.241. The monoisotopic (exact) mass is 307 g/mol. The van der Waals surface area contributed by atoms with Crippen LogP contribution in [0.2, 0.25) is 0 Å².